The van der Waals surface area contributed by atoms with Crippen LogP contribution in [0.1, 0.15) is 43.1 Å². The van der Waals surface area contributed by atoms with Gasteiger partial charge in [0.05, 0.1) is 0 Å². The van der Waals surface area contributed by atoms with Crippen LogP contribution in [0.4, 0.5) is 0 Å². The predicted molar refractivity (Wildman–Crippen MR) is 87.0 cm³/mol. The van der Waals surface area contributed by atoms with E-state index in [1.54, 1.807) is 0 Å². The van der Waals surface area contributed by atoms with E-state index in [0.717, 1.165) is 53.7 Å². The van der Waals surface area contributed by atoms with Crippen LogP contribution >= 0.6 is 0 Å². The lowest BCUT2D eigenvalue weighted by Crippen LogP contribution is -2.15. The Morgan fingerprint density at radius 2 is 2.14 bits per heavy atom. The normalized spacial score (nSPS) is 26.6. The Labute approximate surface area is 130 Å². The van der Waals surface area contributed by atoms with Crippen molar-refractivity contribution in [2.75, 3.05) is 13.1 Å². The van der Waals surface area contributed by atoms with Gasteiger partial charge in [0.15, 0.2) is 5.78 Å². The number of carbonyl (C=O) groups excluding carboxylic acids is 1. The van der Waals surface area contributed by atoms with E-state index in [0.29, 0.717) is 12.5 Å². The molecule has 1 saturated carbocycles. The molecule has 0 amide bonds. The Morgan fingerprint density at radius 1 is 1.36 bits per heavy atom. The van der Waals surface area contributed by atoms with Crippen LogP contribution in [0.15, 0.2) is 24.4 Å². The standard InChI is InChI=1S/C18H23N3O/c1-11(2)21-10-12-4-3-5-14(18(12)20-21)17(22)7-6-13-15-8-19-9-16(13)15/h3-5,10-11,13,15-16,19H,6-9H2,1-2H3. The number of aromatic nitrogens is 2. The quantitative estimate of drug-likeness (QED) is 0.863. The molecule has 1 aromatic carbocycles. The molecule has 2 aliphatic rings. The summed E-state index contributed by atoms with van der Waals surface area (Å²) in [5, 5.41) is 9.09. The molecule has 1 aromatic heterocycles. The van der Waals surface area contributed by atoms with Crippen molar-refractivity contribution in [2.24, 2.45) is 17.8 Å². The molecule has 1 saturated heterocycles. The first kappa shape index (κ1) is 13.9. The Bertz CT molecular complexity index is 708. The molecule has 1 aliphatic heterocycles. The molecule has 1 aliphatic carbocycles. The number of ketones is 1. The number of hydrogen-bond acceptors (Lipinski definition) is 3. The number of Topliss-reactive ketones (excluding diaryl/α,β-unsaturated/α-hetero) is 1. The van der Waals surface area contributed by atoms with Gasteiger partial charge in [0.25, 0.3) is 0 Å². The Morgan fingerprint density at radius 3 is 2.86 bits per heavy atom. The zero-order valence-electron chi connectivity index (χ0n) is 13.2. The van der Waals surface area contributed by atoms with Crippen molar-refractivity contribution in [1.29, 1.82) is 0 Å². The second-order valence-electron chi connectivity index (χ2n) is 7.06. The van der Waals surface area contributed by atoms with Gasteiger partial charge in [-0.1, -0.05) is 12.1 Å². The summed E-state index contributed by atoms with van der Waals surface area (Å²) >= 11 is 0. The Balaban J connectivity index is 1.51. The molecule has 22 heavy (non-hydrogen) atoms. The minimum Gasteiger partial charge on any atom is -0.316 e. The van der Waals surface area contributed by atoms with E-state index in [-0.39, 0.29) is 5.78 Å². The number of fused-ring (bicyclic) bond motifs is 2. The third-order valence-electron chi connectivity index (χ3n) is 5.36. The average molecular weight is 297 g/mol. The summed E-state index contributed by atoms with van der Waals surface area (Å²) in [7, 11) is 0. The molecular formula is C18H23N3O. The smallest absolute Gasteiger partial charge is 0.165 e. The number of piperidine rings is 1. The third-order valence-corrected chi connectivity index (χ3v) is 5.36. The summed E-state index contributed by atoms with van der Waals surface area (Å²) in [6, 6.07) is 6.25. The van der Waals surface area contributed by atoms with Crippen LogP contribution in [-0.2, 0) is 0 Å². The summed E-state index contributed by atoms with van der Waals surface area (Å²) in [6.45, 7) is 6.51. The van der Waals surface area contributed by atoms with Gasteiger partial charge in [-0.15, -0.1) is 0 Å². The van der Waals surface area contributed by atoms with Gasteiger partial charge >= 0.3 is 0 Å². The van der Waals surface area contributed by atoms with Gasteiger partial charge in [0.2, 0.25) is 0 Å². The monoisotopic (exact) mass is 297 g/mol. The molecule has 0 radical (unpaired) electrons. The molecule has 1 N–H and O–H groups in total. The van der Waals surface area contributed by atoms with Crippen LogP contribution in [0, 0.1) is 17.8 Å². The van der Waals surface area contributed by atoms with Crippen molar-refractivity contribution in [3.63, 3.8) is 0 Å². The maximum absolute atomic E-state index is 12.6. The molecule has 4 heteroatoms. The molecular weight excluding hydrogens is 274 g/mol. The number of benzene rings is 1. The van der Waals surface area contributed by atoms with Crippen molar-refractivity contribution >= 4 is 16.7 Å². The third kappa shape index (κ3) is 2.26. The van der Waals surface area contributed by atoms with Crippen LogP contribution in [-0.4, -0.2) is 28.7 Å². The molecule has 4 rings (SSSR count). The summed E-state index contributed by atoms with van der Waals surface area (Å²) in [4.78, 5) is 12.6. The van der Waals surface area contributed by atoms with E-state index < -0.39 is 0 Å². The van der Waals surface area contributed by atoms with Gasteiger partial charge in [0, 0.05) is 29.6 Å². The van der Waals surface area contributed by atoms with E-state index in [1.165, 1.54) is 0 Å². The lowest BCUT2D eigenvalue weighted by Gasteiger charge is -2.05. The number of carbonyl (C=O) groups is 1. The highest BCUT2D eigenvalue weighted by Crippen LogP contribution is 2.51. The molecule has 4 nitrogen and oxygen atoms in total. The number of nitrogens with one attached hydrogen (secondary N) is 1. The molecule has 2 fully saturated rings. The first-order valence-electron chi connectivity index (χ1n) is 8.37. The SMILES string of the molecule is CC(C)n1cc2cccc(C(=O)CCC3C4CNCC34)c2n1. The first-order chi connectivity index (χ1) is 10.6. The Kier molecular flexibility index (Phi) is 3.30. The zero-order valence-corrected chi connectivity index (χ0v) is 13.2. The fourth-order valence-electron chi connectivity index (χ4n) is 3.96. The van der Waals surface area contributed by atoms with Gasteiger partial charge < -0.3 is 5.32 Å². The second-order valence-corrected chi connectivity index (χ2v) is 7.06. The lowest BCUT2D eigenvalue weighted by molar-refractivity contribution is 0.0978. The maximum Gasteiger partial charge on any atom is 0.165 e. The van der Waals surface area contributed by atoms with Crippen LogP contribution in [0.5, 0.6) is 0 Å². The summed E-state index contributed by atoms with van der Waals surface area (Å²) in [5.74, 6) is 2.70. The van der Waals surface area contributed by atoms with Crippen molar-refractivity contribution in [3.05, 3.63) is 30.0 Å². The Hall–Kier alpha value is -1.68. The second kappa shape index (κ2) is 5.20. The topological polar surface area (TPSA) is 46.9 Å². The van der Waals surface area contributed by atoms with E-state index in [1.807, 2.05) is 29.1 Å². The van der Waals surface area contributed by atoms with Crippen molar-refractivity contribution in [1.82, 2.24) is 15.1 Å². The summed E-state index contributed by atoms with van der Waals surface area (Å²) in [5.41, 5.74) is 1.65. The highest BCUT2D eigenvalue weighted by molar-refractivity contribution is 6.06. The number of nitrogens with zero attached hydrogens (tertiary/aromatic N) is 2. The minimum absolute atomic E-state index is 0.248. The highest BCUT2D eigenvalue weighted by atomic mass is 16.1. The van der Waals surface area contributed by atoms with Gasteiger partial charge in [-0.3, -0.25) is 9.48 Å². The van der Waals surface area contributed by atoms with E-state index in [4.69, 9.17) is 0 Å². The van der Waals surface area contributed by atoms with Crippen LogP contribution in [0.2, 0.25) is 0 Å². The molecule has 0 spiro atoms. The van der Waals surface area contributed by atoms with Crippen LogP contribution in [0.3, 0.4) is 0 Å². The van der Waals surface area contributed by atoms with E-state index >= 15 is 0 Å². The van der Waals surface area contributed by atoms with Crippen LogP contribution < -0.4 is 5.32 Å². The molecule has 0 bridgehead atoms. The minimum atomic E-state index is 0.248. The summed E-state index contributed by atoms with van der Waals surface area (Å²) < 4.78 is 1.94. The van der Waals surface area contributed by atoms with Crippen molar-refractivity contribution < 1.29 is 4.79 Å². The van der Waals surface area contributed by atoms with E-state index in [2.05, 4.69) is 24.3 Å². The lowest BCUT2D eigenvalue weighted by atomic mass is 10.0. The predicted octanol–water partition coefficient (Wildman–Crippen LogP) is 3.05. The van der Waals surface area contributed by atoms with Gasteiger partial charge in [-0.05, 0) is 57.2 Å². The maximum atomic E-state index is 12.6. The van der Waals surface area contributed by atoms with Crippen molar-refractivity contribution in [2.45, 2.75) is 32.7 Å². The van der Waals surface area contributed by atoms with Crippen LogP contribution in [0.25, 0.3) is 10.9 Å². The largest absolute Gasteiger partial charge is 0.316 e. The average Bonchev–Trinajstić information content (AvgIpc) is 2.90. The fraction of sp³-hybridized carbons (Fsp3) is 0.556. The molecule has 2 atom stereocenters. The van der Waals surface area contributed by atoms with Gasteiger partial charge in [-0.25, -0.2) is 0 Å². The molecule has 2 aromatic rings. The summed E-state index contributed by atoms with van der Waals surface area (Å²) in [6.07, 6.45) is 3.73. The fourth-order valence-corrected chi connectivity index (χ4v) is 3.96. The molecule has 2 heterocycles. The number of rotatable bonds is 5. The molecule has 116 valence electrons. The van der Waals surface area contributed by atoms with Gasteiger partial charge in [-0.2, -0.15) is 5.10 Å². The highest BCUT2D eigenvalue weighted by Gasteiger charge is 2.51. The van der Waals surface area contributed by atoms with E-state index in [9.17, 15) is 4.79 Å². The number of hydrogen-bond donors (Lipinski definition) is 1. The molecule has 2 unspecified atom stereocenters. The van der Waals surface area contributed by atoms with Crippen molar-refractivity contribution in [3.8, 4) is 0 Å². The zero-order chi connectivity index (χ0) is 15.3. The van der Waals surface area contributed by atoms with Gasteiger partial charge in [0.1, 0.15) is 5.52 Å². The first-order valence-corrected chi connectivity index (χ1v) is 8.37.